The Kier molecular flexibility index (Phi) is 9.23. The predicted octanol–water partition coefficient (Wildman–Crippen LogP) is 2.80. The third-order valence-electron chi connectivity index (χ3n) is 8.94. The normalized spacial score (nSPS) is 27.2. The summed E-state index contributed by atoms with van der Waals surface area (Å²) in [6.45, 7) is 12.4. The second-order valence-electron chi connectivity index (χ2n) is 13.7. The number of carbonyl (C=O) groups is 4. The average molecular weight is 690 g/mol. The molecule has 3 N–H and O–H groups in total. The van der Waals surface area contributed by atoms with E-state index in [0.29, 0.717) is 23.6 Å². The molecule has 5 rings (SSSR count). The number of amides is 4. The Balaban J connectivity index is 1.43. The van der Waals surface area contributed by atoms with Crippen molar-refractivity contribution in [2.45, 2.75) is 81.3 Å². The summed E-state index contributed by atoms with van der Waals surface area (Å²) in [4.78, 5) is 61.8. The molecule has 0 bridgehead atoms. The van der Waals surface area contributed by atoms with Crippen molar-refractivity contribution in [2.24, 2.45) is 16.5 Å². The second kappa shape index (κ2) is 12.6. The van der Waals surface area contributed by atoms with Crippen molar-refractivity contribution in [2.75, 3.05) is 13.2 Å². The summed E-state index contributed by atoms with van der Waals surface area (Å²) >= 11 is 6.20. The van der Waals surface area contributed by atoms with Gasteiger partial charge in [-0.05, 0) is 36.8 Å². The molecule has 0 unspecified atom stereocenters. The lowest BCUT2D eigenvalue weighted by Crippen LogP contribution is -2.60. The van der Waals surface area contributed by atoms with Gasteiger partial charge in [-0.3, -0.25) is 19.1 Å². The number of benzene rings is 1. The van der Waals surface area contributed by atoms with Crippen molar-refractivity contribution in [3.63, 3.8) is 0 Å². The van der Waals surface area contributed by atoms with Crippen LogP contribution in [-0.2, 0) is 34.0 Å². The van der Waals surface area contributed by atoms with Crippen LogP contribution in [0.5, 0.6) is 0 Å². The first-order valence-electron chi connectivity index (χ1n) is 15.4. The number of halogens is 1. The van der Waals surface area contributed by atoms with E-state index in [4.69, 9.17) is 21.2 Å². The number of likely N-dealkylation sites (tertiary alicyclic amines) is 1. The fourth-order valence-corrected chi connectivity index (χ4v) is 7.63. The Morgan fingerprint density at radius 3 is 2.53 bits per heavy atom. The predicted molar refractivity (Wildman–Crippen MR) is 174 cm³/mol. The molecule has 2 heterocycles. The third-order valence-corrected chi connectivity index (χ3v) is 11.0. The van der Waals surface area contributed by atoms with Crippen LogP contribution in [0.25, 0.3) is 0 Å². The van der Waals surface area contributed by atoms with Gasteiger partial charge in [0.1, 0.15) is 24.2 Å². The molecule has 4 aliphatic rings. The fraction of sp³-hybridized carbons (Fsp3) is 0.531. The van der Waals surface area contributed by atoms with E-state index in [1.807, 2.05) is 6.07 Å². The monoisotopic (exact) mass is 689 g/mol. The van der Waals surface area contributed by atoms with Crippen LogP contribution in [0.2, 0.25) is 5.02 Å². The van der Waals surface area contributed by atoms with Gasteiger partial charge in [-0.15, -0.1) is 6.58 Å². The Morgan fingerprint density at radius 1 is 1.21 bits per heavy atom. The van der Waals surface area contributed by atoms with Crippen molar-refractivity contribution in [1.82, 2.24) is 20.3 Å². The maximum absolute atomic E-state index is 14.3. The van der Waals surface area contributed by atoms with E-state index in [2.05, 4.69) is 33.7 Å². The lowest BCUT2D eigenvalue weighted by Gasteiger charge is -2.35. The number of carbonyl (C=O) groups excluding carboxylic acids is 4. The molecule has 5 atom stereocenters. The van der Waals surface area contributed by atoms with Crippen LogP contribution >= 0.6 is 11.6 Å². The SMILES string of the molecule is C=CCOC(=O)N[C@H](C(=O)N1C[C@@]2(CC(c3cccc(Cl)c3)=NO2)C[C@H]1C(=O)N[C@]1(C(=O)NS(=O)(=O)C2CC2)C[C@H]1C=C)C(C)(C)C. The first-order valence-corrected chi connectivity index (χ1v) is 17.3. The van der Waals surface area contributed by atoms with Crippen molar-refractivity contribution >= 4 is 51.2 Å². The highest BCUT2D eigenvalue weighted by atomic mass is 35.5. The molecule has 2 aliphatic heterocycles. The molecule has 1 aromatic rings. The molecule has 3 fully saturated rings. The van der Waals surface area contributed by atoms with Gasteiger partial charge >= 0.3 is 6.09 Å². The first-order chi connectivity index (χ1) is 22.0. The Hall–Kier alpha value is -3.91. The van der Waals surface area contributed by atoms with Gasteiger partial charge in [0.2, 0.25) is 21.8 Å². The van der Waals surface area contributed by atoms with Crippen molar-refractivity contribution in [3.05, 3.63) is 60.2 Å². The van der Waals surface area contributed by atoms with Gasteiger partial charge in [-0.2, -0.15) is 0 Å². The fourth-order valence-electron chi connectivity index (χ4n) is 6.08. The molecule has 4 amide bonds. The minimum absolute atomic E-state index is 0.00669. The molecule has 1 aromatic carbocycles. The lowest BCUT2D eigenvalue weighted by molar-refractivity contribution is -0.143. The van der Waals surface area contributed by atoms with Gasteiger partial charge < -0.3 is 25.1 Å². The van der Waals surface area contributed by atoms with Crippen LogP contribution in [0.1, 0.15) is 58.4 Å². The Bertz CT molecular complexity index is 1640. The summed E-state index contributed by atoms with van der Waals surface area (Å²) < 4.78 is 32.4. The molecule has 1 saturated heterocycles. The number of rotatable bonds is 11. The summed E-state index contributed by atoms with van der Waals surface area (Å²) in [7, 11) is -3.89. The molecule has 13 nitrogen and oxygen atoms in total. The number of nitrogens with zero attached hydrogens (tertiary/aromatic N) is 2. The zero-order valence-electron chi connectivity index (χ0n) is 26.6. The van der Waals surface area contributed by atoms with E-state index in [9.17, 15) is 27.6 Å². The Morgan fingerprint density at radius 2 is 1.94 bits per heavy atom. The van der Waals surface area contributed by atoms with Gasteiger partial charge in [0.25, 0.3) is 5.91 Å². The van der Waals surface area contributed by atoms with E-state index >= 15 is 0 Å². The highest BCUT2D eigenvalue weighted by molar-refractivity contribution is 7.91. The van der Waals surface area contributed by atoms with Gasteiger partial charge in [0.05, 0.1) is 17.5 Å². The van der Waals surface area contributed by atoms with Crippen molar-refractivity contribution in [3.8, 4) is 0 Å². The largest absolute Gasteiger partial charge is 0.445 e. The van der Waals surface area contributed by atoms with Crippen LogP contribution in [0, 0.1) is 11.3 Å². The lowest BCUT2D eigenvalue weighted by atomic mass is 9.85. The smallest absolute Gasteiger partial charge is 0.408 e. The van der Waals surface area contributed by atoms with Crippen LogP contribution in [0.4, 0.5) is 4.79 Å². The topological polar surface area (TPSA) is 173 Å². The summed E-state index contributed by atoms with van der Waals surface area (Å²) in [6, 6.07) is 4.77. The van der Waals surface area contributed by atoms with E-state index in [1.54, 1.807) is 39.0 Å². The number of sulfonamides is 1. The van der Waals surface area contributed by atoms with Gasteiger partial charge in [-0.25, -0.2) is 13.2 Å². The standard InChI is InChI=1S/C32H40ClN5O8S/c1-6-13-45-29(42)34-25(30(3,4)5)27(40)38-18-31(16-23(36-46-31)19-9-8-10-21(33)14-19)17-24(38)26(39)35-32(15-20(32)7-2)28(41)37-47(43,44)22-11-12-22/h6-10,14,20,22,24-25H,1-2,11-13,15-18H2,3-5H3,(H,34,42)(H,35,39)(H,37,41)/t20-,24+,25-,31-,32-/m1/s1. The van der Waals surface area contributed by atoms with Crippen molar-refractivity contribution in [1.29, 1.82) is 0 Å². The van der Waals surface area contributed by atoms with E-state index < -0.39 is 73.6 Å². The molecule has 254 valence electrons. The molecule has 15 heteroatoms. The molecule has 0 aromatic heterocycles. The summed E-state index contributed by atoms with van der Waals surface area (Å²) in [5, 5.41) is 9.54. The number of nitrogens with one attached hydrogen (secondary N) is 3. The molecular formula is C32H40ClN5O8S. The Labute approximate surface area is 279 Å². The summed E-state index contributed by atoms with van der Waals surface area (Å²) in [5.41, 5.74) is -2.18. The third kappa shape index (κ3) is 7.18. The number of hydrogen-bond donors (Lipinski definition) is 3. The maximum Gasteiger partial charge on any atom is 0.408 e. The van der Waals surface area contributed by atoms with Gasteiger partial charge in [-0.1, -0.05) is 68.4 Å². The number of hydrogen-bond acceptors (Lipinski definition) is 9. The second-order valence-corrected chi connectivity index (χ2v) is 16.1. The molecule has 0 radical (unpaired) electrons. The average Bonchev–Trinajstić information content (AvgIpc) is 3.91. The molecule has 2 aliphatic carbocycles. The van der Waals surface area contributed by atoms with E-state index in [-0.39, 0.29) is 32.4 Å². The molecule has 1 spiro atoms. The molecular weight excluding hydrogens is 650 g/mol. The van der Waals surface area contributed by atoms with Gasteiger partial charge in [0, 0.05) is 29.3 Å². The highest BCUT2D eigenvalue weighted by Crippen LogP contribution is 2.46. The van der Waals surface area contributed by atoms with E-state index in [0.717, 1.165) is 5.56 Å². The molecule has 2 saturated carbocycles. The van der Waals surface area contributed by atoms with Crippen LogP contribution < -0.4 is 15.4 Å². The summed E-state index contributed by atoms with van der Waals surface area (Å²) in [5.74, 6) is -2.63. The minimum Gasteiger partial charge on any atom is -0.445 e. The quantitative estimate of drug-likeness (QED) is 0.298. The van der Waals surface area contributed by atoms with Crippen molar-refractivity contribution < 1.29 is 37.2 Å². The van der Waals surface area contributed by atoms with Crippen LogP contribution in [-0.4, -0.2) is 84.5 Å². The van der Waals surface area contributed by atoms with Crippen LogP contribution in [0.3, 0.4) is 0 Å². The maximum atomic E-state index is 14.3. The van der Waals surface area contributed by atoms with E-state index in [1.165, 1.54) is 17.1 Å². The first kappa shape index (κ1) is 34.4. The zero-order chi connectivity index (χ0) is 34.4. The highest BCUT2D eigenvalue weighted by Gasteiger charge is 2.63. The minimum atomic E-state index is -3.89. The van der Waals surface area contributed by atoms with Crippen LogP contribution in [0.15, 0.2) is 54.7 Å². The van der Waals surface area contributed by atoms with Gasteiger partial charge in [0.15, 0.2) is 5.60 Å². The zero-order valence-corrected chi connectivity index (χ0v) is 28.2. The summed E-state index contributed by atoms with van der Waals surface area (Å²) in [6.07, 6.45) is 3.35. The number of ether oxygens (including phenoxy) is 1. The number of alkyl carbamates (subject to hydrolysis) is 1. The molecule has 47 heavy (non-hydrogen) atoms. The number of oxime groups is 1.